The fourth-order valence-electron chi connectivity index (χ4n) is 4.24. The number of aromatic nitrogens is 1. The number of hydrogen-bond donors (Lipinski definition) is 1. The Bertz CT molecular complexity index is 1040. The van der Waals surface area contributed by atoms with Crippen LogP contribution < -0.4 is 5.32 Å². The smallest absolute Gasteiger partial charge is 0.303 e. The van der Waals surface area contributed by atoms with Gasteiger partial charge in [-0.25, -0.2) is 4.98 Å². The van der Waals surface area contributed by atoms with Gasteiger partial charge in [-0.3, -0.25) is 14.4 Å². The predicted molar refractivity (Wildman–Crippen MR) is 144 cm³/mol. The first-order valence-electron chi connectivity index (χ1n) is 13.1. The number of amides is 1. The number of thiazole rings is 1. The molecule has 2 rings (SSSR count). The number of nitrogens with one attached hydrogen (secondary N) is 1. The lowest BCUT2D eigenvalue weighted by molar-refractivity contribution is -0.148. The molecular formula is C28H41N3O4S. The quantitative estimate of drug-likeness (QED) is 0.352. The highest BCUT2D eigenvalue weighted by molar-refractivity contribution is 7.09. The predicted octanol–water partition coefficient (Wildman–Crippen LogP) is 5.07. The molecule has 0 fully saturated rings. The van der Waals surface area contributed by atoms with Crippen LogP contribution in [0.15, 0.2) is 35.7 Å². The summed E-state index contributed by atoms with van der Waals surface area (Å²) < 4.78 is 13.3. The van der Waals surface area contributed by atoms with Crippen molar-refractivity contribution in [2.45, 2.75) is 79.0 Å². The Hall–Kier alpha value is -2.58. The summed E-state index contributed by atoms with van der Waals surface area (Å²) in [5, 5.41) is 5.33. The van der Waals surface area contributed by atoms with Gasteiger partial charge in [0.25, 0.3) is 5.91 Å². The van der Waals surface area contributed by atoms with Gasteiger partial charge in [-0.15, -0.1) is 11.3 Å². The number of ether oxygens (including phenoxy) is 1. The molecule has 1 aromatic heterocycles. The summed E-state index contributed by atoms with van der Waals surface area (Å²) >= 11 is 1.31. The minimum Gasteiger partial charge on any atom is -0.455 e. The largest absolute Gasteiger partial charge is 0.455 e. The van der Waals surface area contributed by atoms with Gasteiger partial charge in [0.1, 0.15) is 16.5 Å². The second-order valence-corrected chi connectivity index (χ2v) is 10.7. The van der Waals surface area contributed by atoms with Gasteiger partial charge in [-0.05, 0) is 44.8 Å². The number of rotatable bonds is 14. The van der Waals surface area contributed by atoms with Crippen LogP contribution in [0.3, 0.4) is 0 Å². The zero-order valence-corrected chi connectivity index (χ0v) is 23.4. The zero-order chi connectivity index (χ0) is 27.7. The van der Waals surface area contributed by atoms with Gasteiger partial charge >= 0.3 is 5.97 Å². The molecule has 7 nitrogen and oxygen atoms in total. The van der Waals surface area contributed by atoms with Crippen molar-refractivity contribution >= 4 is 29.0 Å². The third-order valence-electron chi connectivity index (χ3n) is 6.56. The van der Waals surface area contributed by atoms with Crippen LogP contribution in [0.5, 0.6) is 0 Å². The van der Waals surface area contributed by atoms with E-state index in [4.69, 9.17) is 6.11 Å². The van der Waals surface area contributed by atoms with Gasteiger partial charge < -0.3 is 15.0 Å². The molecule has 0 saturated heterocycles. The van der Waals surface area contributed by atoms with Crippen molar-refractivity contribution < 1.29 is 20.5 Å². The molecule has 1 N–H and O–H groups in total. The van der Waals surface area contributed by atoms with E-state index in [-0.39, 0.29) is 41.4 Å². The van der Waals surface area contributed by atoms with Gasteiger partial charge in [0, 0.05) is 36.7 Å². The van der Waals surface area contributed by atoms with Gasteiger partial charge in [-0.2, -0.15) is 0 Å². The van der Waals surface area contributed by atoms with Crippen molar-refractivity contribution in [3.8, 4) is 0 Å². The fourth-order valence-corrected chi connectivity index (χ4v) is 5.08. The van der Waals surface area contributed by atoms with E-state index in [0.717, 1.165) is 12.1 Å². The van der Waals surface area contributed by atoms with Crippen molar-refractivity contribution in [3.05, 3.63) is 52.0 Å². The molecule has 4 atom stereocenters. The average Bonchev–Trinajstić information content (AvgIpc) is 3.32. The molecule has 8 heteroatoms. The molecule has 1 heterocycles. The summed E-state index contributed by atoms with van der Waals surface area (Å²) in [6, 6.07) is 7.48. The van der Waals surface area contributed by atoms with Crippen LogP contribution in [0, 0.1) is 11.8 Å². The van der Waals surface area contributed by atoms with Crippen LogP contribution in [0.2, 0.25) is 0 Å². The summed E-state index contributed by atoms with van der Waals surface area (Å²) in [4.78, 5) is 43.8. The Balaban J connectivity index is 2.22. The van der Waals surface area contributed by atoms with Crippen LogP contribution in [0.4, 0.5) is 0 Å². The number of ketones is 1. The molecule has 36 heavy (non-hydrogen) atoms. The zero-order valence-electron chi connectivity index (χ0n) is 23.5. The highest BCUT2D eigenvalue weighted by atomic mass is 32.1. The standard InChI is InChI=1S/C28H41N3O4S/c1-8-31(7)25(18(2)3)16-26(35-21(6)33)28-30-24(17-36-28)27(34)29-23(14-19(4)20(5)32)15-22-12-10-9-11-13-22/h9-13,17-19,23,25-26H,8,14-16H2,1-7H3,(H,29,34)/i9T. The maximum atomic E-state index is 13.2. The number of esters is 1. The summed E-state index contributed by atoms with van der Waals surface area (Å²) in [7, 11) is 2.05. The third kappa shape index (κ3) is 9.13. The van der Waals surface area contributed by atoms with Crippen LogP contribution in [0.1, 0.15) is 82.9 Å². The molecule has 4 unspecified atom stereocenters. The number of nitrogens with zero attached hydrogens (tertiary/aromatic N) is 2. The second kappa shape index (κ2) is 14.2. The van der Waals surface area contributed by atoms with Crippen LogP contribution in [0.25, 0.3) is 0 Å². The van der Waals surface area contributed by atoms with Crippen molar-refractivity contribution in [3.63, 3.8) is 0 Å². The fraction of sp³-hybridized carbons (Fsp3) is 0.571. The molecule has 1 amide bonds. The van der Waals surface area contributed by atoms with Gasteiger partial charge in [0.05, 0.1) is 1.37 Å². The van der Waals surface area contributed by atoms with E-state index >= 15 is 0 Å². The Labute approximate surface area is 221 Å². The van der Waals surface area contributed by atoms with Crippen molar-refractivity contribution in [1.29, 1.82) is 0 Å². The van der Waals surface area contributed by atoms with Crippen molar-refractivity contribution in [1.82, 2.24) is 15.2 Å². The topological polar surface area (TPSA) is 88.6 Å². The highest BCUT2D eigenvalue weighted by Gasteiger charge is 2.29. The summed E-state index contributed by atoms with van der Waals surface area (Å²) in [6.45, 7) is 12.0. The van der Waals surface area contributed by atoms with E-state index in [1.807, 2.05) is 19.1 Å². The lowest BCUT2D eigenvalue weighted by Crippen LogP contribution is -2.38. The molecule has 0 bridgehead atoms. The number of benzene rings is 1. The normalized spacial score (nSPS) is 15.2. The average molecular weight is 518 g/mol. The van der Waals surface area contributed by atoms with Crippen molar-refractivity contribution in [2.75, 3.05) is 13.6 Å². The molecule has 0 spiro atoms. The van der Waals surface area contributed by atoms with Crippen LogP contribution in [-0.2, 0) is 20.7 Å². The Morgan fingerprint density at radius 3 is 2.39 bits per heavy atom. The maximum absolute atomic E-state index is 13.2. The Kier molecular flexibility index (Phi) is 11.1. The molecule has 1 aromatic carbocycles. The first-order valence-corrected chi connectivity index (χ1v) is 13.5. The molecule has 2 aromatic rings. The summed E-state index contributed by atoms with van der Waals surface area (Å²) in [5.74, 6) is -0.502. The molecule has 0 aliphatic carbocycles. The number of hydrogen-bond acceptors (Lipinski definition) is 7. The van der Waals surface area contributed by atoms with E-state index in [1.165, 1.54) is 18.3 Å². The number of carbonyl (C=O) groups excluding carboxylic acids is 3. The number of Topliss-reactive ketones (excluding diaryl/α,β-unsaturated/α-hetero) is 1. The third-order valence-corrected chi connectivity index (χ3v) is 7.50. The van der Waals surface area contributed by atoms with Crippen LogP contribution >= 0.6 is 11.3 Å². The minimum absolute atomic E-state index is 0.0673. The SMILES string of the molecule is [3H]c1ccc(CC(CC(C)C(C)=O)NC(=O)c2csc(C(CC(C(C)C)N(C)CC)OC(C)=O)n2)cc1. The molecule has 198 valence electrons. The Morgan fingerprint density at radius 1 is 1.17 bits per heavy atom. The first kappa shape index (κ1) is 28.0. The van der Waals surface area contributed by atoms with Crippen LogP contribution in [-0.4, -0.2) is 53.2 Å². The van der Waals surface area contributed by atoms with E-state index in [1.54, 1.807) is 24.4 Å². The second-order valence-electron chi connectivity index (χ2n) is 9.82. The molecular weight excluding hydrogens is 474 g/mol. The summed E-state index contributed by atoms with van der Waals surface area (Å²) in [6.07, 6.45) is 1.08. The van der Waals surface area contributed by atoms with Crippen molar-refractivity contribution in [2.24, 2.45) is 11.8 Å². The van der Waals surface area contributed by atoms with Gasteiger partial charge in [-0.1, -0.05) is 58.0 Å². The van der Waals surface area contributed by atoms with E-state index in [2.05, 4.69) is 43.0 Å². The minimum atomic E-state index is -0.539. The monoisotopic (exact) mass is 517 g/mol. The van der Waals surface area contributed by atoms with Gasteiger partial charge in [0.15, 0.2) is 6.10 Å². The number of carbonyl (C=O) groups is 3. The first-order chi connectivity index (χ1) is 17.4. The van der Waals surface area contributed by atoms with E-state index in [9.17, 15) is 14.4 Å². The molecule has 0 aliphatic heterocycles. The summed E-state index contributed by atoms with van der Waals surface area (Å²) in [5.41, 5.74) is 1.25. The molecule has 0 aliphatic rings. The lowest BCUT2D eigenvalue weighted by Gasteiger charge is -2.32. The Morgan fingerprint density at radius 2 is 1.83 bits per heavy atom. The highest BCUT2D eigenvalue weighted by Crippen LogP contribution is 2.30. The van der Waals surface area contributed by atoms with Gasteiger partial charge in [0.2, 0.25) is 0 Å². The maximum Gasteiger partial charge on any atom is 0.303 e. The van der Waals surface area contributed by atoms with E-state index < -0.39 is 6.10 Å². The molecule has 0 radical (unpaired) electrons. The molecule has 0 saturated carbocycles. The van der Waals surface area contributed by atoms with E-state index in [0.29, 0.717) is 36.2 Å². The lowest BCUT2D eigenvalue weighted by atomic mass is 9.94.